The first-order valence-corrected chi connectivity index (χ1v) is 18.8. The monoisotopic (exact) mass is 730 g/mol. The molecule has 1 saturated carbocycles. The molecular weight excluding hydrogens is 672 g/mol. The standard InChI is InChI=1S/C44H58O9/c1-8-38(50-26-33-16-20-35(48-7)21-17-33)43(52-27-31-12-10-9-11-13-31,28-49-25-32-14-18-34(47-6)19-15-32)37-24-39-44(45)23-22-36(42(44,3)4)41(51-29-46-5)40(53-39)30(37)2/h8-21,30,36-41,45H,1,22-29H2,2-7H3/t30-,36?,37+,38-,39+,40-,41-,43-,44?/m1/s1. The molecule has 6 rings (SSSR count). The number of hydrogen-bond donors (Lipinski definition) is 1. The lowest BCUT2D eigenvalue weighted by Crippen LogP contribution is -2.64. The van der Waals surface area contributed by atoms with Crippen LogP contribution in [0.3, 0.4) is 0 Å². The maximum atomic E-state index is 12.7. The summed E-state index contributed by atoms with van der Waals surface area (Å²) in [6.07, 6.45) is 2.18. The summed E-state index contributed by atoms with van der Waals surface area (Å²) < 4.78 is 50.7. The maximum Gasteiger partial charge on any atom is 0.146 e. The Labute approximate surface area is 315 Å². The van der Waals surface area contributed by atoms with E-state index in [-0.39, 0.29) is 43.4 Å². The lowest BCUT2D eigenvalue weighted by molar-refractivity contribution is -0.271. The Hall–Kier alpha value is -3.28. The van der Waals surface area contributed by atoms with Crippen LogP contribution < -0.4 is 9.47 Å². The zero-order chi connectivity index (χ0) is 37.6. The van der Waals surface area contributed by atoms with Crippen LogP contribution in [0, 0.1) is 23.2 Å². The summed E-state index contributed by atoms with van der Waals surface area (Å²) in [4.78, 5) is 0. The van der Waals surface area contributed by atoms with Gasteiger partial charge in [-0.05, 0) is 72.1 Å². The number of methoxy groups -OCH3 is 3. The van der Waals surface area contributed by atoms with E-state index in [2.05, 4.69) is 39.5 Å². The second-order valence-electron chi connectivity index (χ2n) is 15.5. The van der Waals surface area contributed by atoms with Crippen molar-refractivity contribution in [2.24, 2.45) is 23.2 Å². The zero-order valence-corrected chi connectivity index (χ0v) is 32.2. The van der Waals surface area contributed by atoms with E-state index in [9.17, 15) is 5.11 Å². The van der Waals surface area contributed by atoms with Gasteiger partial charge in [0.15, 0.2) is 0 Å². The molecule has 9 nitrogen and oxygen atoms in total. The summed E-state index contributed by atoms with van der Waals surface area (Å²) in [5, 5.41) is 12.7. The minimum Gasteiger partial charge on any atom is -0.497 e. The van der Waals surface area contributed by atoms with Crippen molar-refractivity contribution in [3.05, 3.63) is 108 Å². The molecule has 2 heterocycles. The molecule has 0 spiro atoms. The molecule has 0 aromatic heterocycles. The van der Waals surface area contributed by atoms with Crippen LogP contribution >= 0.6 is 0 Å². The molecule has 9 heteroatoms. The Bertz CT molecular complexity index is 1600. The number of fused-ring (bicyclic) bond motifs is 5. The molecule has 0 amide bonds. The van der Waals surface area contributed by atoms with Gasteiger partial charge in [-0.25, -0.2) is 0 Å². The summed E-state index contributed by atoms with van der Waals surface area (Å²) in [5.41, 5.74) is 0.452. The summed E-state index contributed by atoms with van der Waals surface area (Å²) in [6, 6.07) is 25.9. The third kappa shape index (κ3) is 7.94. The molecule has 1 aliphatic carbocycles. The lowest BCUT2D eigenvalue weighted by atomic mass is 9.66. The number of rotatable bonds is 18. The smallest absolute Gasteiger partial charge is 0.146 e. The molecular formula is C44H58O9. The van der Waals surface area contributed by atoms with E-state index in [1.54, 1.807) is 21.3 Å². The first-order valence-electron chi connectivity index (χ1n) is 18.8. The van der Waals surface area contributed by atoms with Gasteiger partial charge in [0, 0.05) is 18.4 Å². The molecule has 2 unspecified atom stereocenters. The molecule has 288 valence electrons. The van der Waals surface area contributed by atoms with E-state index in [1.165, 1.54) is 0 Å². The fourth-order valence-electron chi connectivity index (χ4n) is 9.28. The lowest BCUT2D eigenvalue weighted by Gasteiger charge is -2.54. The highest BCUT2D eigenvalue weighted by molar-refractivity contribution is 5.28. The fraction of sp³-hybridized carbons (Fsp3) is 0.545. The van der Waals surface area contributed by atoms with Gasteiger partial charge in [-0.2, -0.15) is 0 Å². The van der Waals surface area contributed by atoms with Gasteiger partial charge in [0.1, 0.15) is 30.0 Å². The number of aliphatic hydroxyl groups is 1. The average molecular weight is 731 g/mol. The average Bonchev–Trinajstić information content (AvgIpc) is 3.40. The molecule has 53 heavy (non-hydrogen) atoms. The minimum absolute atomic E-state index is 0.0753. The molecule has 3 aliphatic rings. The maximum absolute atomic E-state index is 12.7. The van der Waals surface area contributed by atoms with Crippen molar-refractivity contribution < 1.29 is 43.0 Å². The Morgan fingerprint density at radius 2 is 1.51 bits per heavy atom. The predicted octanol–water partition coefficient (Wildman–Crippen LogP) is 7.53. The van der Waals surface area contributed by atoms with Crippen LogP contribution in [-0.2, 0) is 48.2 Å². The molecule has 3 fully saturated rings. The fourth-order valence-corrected chi connectivity index (χ4v) is 9.28. The third-order valence-corrected chi connectivity index (χ3v) is 12.5. The van der Waals surface area contributed by atoms with Gasteiger partial charge in [0.05, 0.1) is 64.6 Å². The van der Waals surface area contributed by atoms with Gasteiger partial charge >= 0.3 is 0 Å². The van der Waals surface area contributed by atoms with Crippen LogP contribution in [0.5, 0.6) is 11.5 Å². The van der Waals surface area contributed by atoms with E-state index in [0.717, 1.165) is 34.6 Å². The minimum atomic E-state index is -1.07. The van der Waals surface area contributed by atoms with Gasteiger partial charge in [0.25, 0.3) is 0 Å². The number of ether oxygens (including phenoxy) is 8. The van der Waals surface area contributed by atoms with Crippen LogP contribution in [0.15, 0.2) is 91.5 Å². The van der Waals surface area contributed by atoms with Crippen molar-refractivity contribution in [3.8, 4) is 11.5 Å². The van der Waals surface area contributed by atoms with Crippen molar-refractivity contribution in [2.45, 2.75) is 95.5 Å². The largest absolute Gasteiger partial charge is 0.497 e. The van der Waals surface area contributed by atoms with E-state index >= 15 is 0 Å². The molecule has 4 bridgehead atoms. The number of hydrogen-bond acceptors (Lipinski definition) is 9. The van der Waals surface area contributed by atoms with Crippen molar-refractivity contribution in [1.82, 2.24) is 0 Å². The van der Waals surface area contributed by atoms with E-state index in [0.29, 0.717) is 32.7 Å². The molecule has 3 aromatic rings. The predicted molar refractivity (Wildman–Crippen MR) is 203 cm³/mol. The van der Waals surface area contributed by atoms with Gasteiger partial charge in [-0.3, -0.25) is 0 Å². The van der Waals surface area contributed by atoms with Crippen molar-refractivity contribution in [2.75, 3.05) is 34.7 Å². The number of benzene rings is 3. The van der Waals surface area contributed by atoms with Gasteiger partial charge in [-0.1, -0.05) is 81.4 Å². The molecule has 9 atom stereocenters. The van der Waals surface area contributed by atoms with E-state index < -0.39 is 28.8 Å². The van der Waals surface area contributed by atoms with Crippen LogP contribution in [0.1, 0.15) is 56.7 Å². The Morgan fingerprint density at radius 1 is 0.887 bits per heavy atom. The van der Waals surface area contributed by atoms with Gasteiger partial charge in [-0.15, -0.1) is 6.58 Å². The third-order valence-electron chi connectivity index (χ3n) is 12.5. The van der Waals surface area contributed by atoms with Gasteiger partial charge < -0.3 is 43.0 Å². The SMILES string of the molecule is C=C[C@@H](OCc1ccc(OC)cc1)[C@](COCc1ccc(OC)cc1)(OCc1ccccc1)[C@H]1C[C@@H]2O[C@H]([C@@H]1C)[C@H](OCOC)C1CCC2(O)C1(C)C. The summed E-state index contributed by atoms with van der Waals surface area (Å²) in [5.74, 6) is 1.36. The summed E-state index contributed by atoms with van der Waals surface area (Å²) in [7, 11) is 4.96. The Kier molecular flexibility index (Phi) is 12.7. The quantitative estimate of drug-likeness (QED) is 0.105. The first-order chi connectivity index (χ1) is 25.6. The normalized spacial score (nSPS) is 29.1. The highest BCUT2D eigenvalue weighted by Crippen LogP contribution is 2.61. The zero-order valence-electron chi connectivity index (χ0n) is 32.2. The molecule has 1 N–H and O–H groups in total. The Balaban J connectivity index is 1.42. The van der Waals surface area contributed by atoms with Crippen LogP contribution in [0.25, 0.3) is 0 Å². The second-order valence-corrected chi connectivity index (χ2v) is 15.5. The topological polar surface area (TPSA) is 94.1 Å². The van der Waals surface area contributed by atoms with Crippen LogP contribution in [0.4, 0.5) is 0 Å². The molecule has 0 radical (unpaired) electrons. The summed E-state index contributed by atoms with van der Waals surface area (Å²) in [6.45, 7) is 12.2. The van der Waals surface area contributed by atoms with Crippen LogP contribution in [-0.4, -0.2) is 75.5 Å². The highest BCUT2D eigenvalue weighted by Gasteiger charge is 2.68. The Morgan fingerprint density at radius 3 is 2.11 bits per heavy atom. The molecule has 2 saturated heterocycles. The van der Waals surface area contributed by atoms with E-state index in [1.807, 2.05) is 72.8 Å². The van der Waals surface area contributed by atoms with Crippen molar-refractivity contribution >= 4 is 0 Å². The first kappa shape index (κ1) is 39.4. The second kappa shape index (κ2) is 17.0. The van der Waals surface area contributed by atoms with Crippen molar-refractivity contribution in [3.63, 3.8) is 0 Å². The molecule has 3 aromatic carbocycles. The highest BCUT2D eigenvalue weighted by atomic mass is 16.7. The van der Waals surface area contributed by atoms with Gasteiger partial charge in [0.2, 0.25) is 0 Å². The summed E-state index contributed by atoms with van der Waals surface area (Å²) >= 11 is 0. The van der Waals surface area contributed by atoms with Crippen LogP contribution in [0.2, 0.25) is 0 Å². The molecule has 2 aliphatic heterocycles. The van der Waals surface area contributed by atoms with Crippen molar-refractivity contribution in [1.29, 1.82) is 0 Å². The van der Waals surface area contributed by atoms with E-state index in [4.69, 9.17) is 37.9 Å².